The number of halogens is 4. The van der Waals surface area contributed by atoms with Crippen molar-refractivity contribution >= 4 is 11.6 Å². The quantitative estimate of drug-likeness (QED) is 0.854. The van der Waals surface area contributed by atoms with Crippen LogP contribution in [0, 0.1) is 0 Å². The van der Waals surface area contributed by atoms with E-state index < -0.39 is 11.9 Å². The zero-order chi connectivity index (χ0) is 14.0. The van der Waals surface area contributed by atoms with Gasteiger partial charge in [0.05, 0.1) is 5.69 Å². The van der Waals surface area contributed by atoms with Crippen LogP contribution in [0.2, 0.25) is 5.15 Å². The maximum absolute atomic E-state index is 12.0. The van der Waals surface area contributed by atoms with E-state index in [1.54, 1.807) is 0 Å². The number of hydrogen-bond donors (Lipinski definition) is 0. The van der Waals surface area contributed by atoms with E-state index >= 15 is 0 Å². The summed E-state index contributed by atoms with van der Waals surface area (Å²) in [5.41, 5.74) is -0.170. The normalized spacial score (nSPS) is 11.4. The second kappa shape index (κ2) is 4.93. The van der Waals surface area contributed by atoms with Crippen molar-refractivity contribution in [2.24, 2.45) is 0 Å². The first-order valence-electron chi connectivity index (χ1n) is 4.97. The van der Waals surface area contributed by atoms with Gasteiger partial charge in [0, 0.05) is 6.07 Å². The maximum Gasteiger partial charge on any atom is 0.573 e. The lowest BCUT2D eigenvalue weighted by Crippen LogP contribution is -2.20. The van der Waals surface area contributed by atoms with Crippen molar-refractivity contribution in [1.29, 1.82) is 0 Å². The summed E-state index contributed by atoms with van der Waals surface area (Å²) in [5, 5.41) is 3.85. The average Bonchev–Trinajstić information content (AvgIpc) is 2.31. The molecule has 0 atom stereocenters. The number of rotatable bonds is 2. The number of ether oxygens (including phenoxy) is 1. The second-order valence-electron chi connectivity index (χ2n) is 3.45. The van der Waals surface area contributed by atoms with Gasteiger partial charge in [0.25, 0.3) is 5.56 Å². The largest absolute Gasteiger partial charge is 0.573 e. The van der Waals surface area contributed by atoms with Crippen molar-refractivity contribution < 1.29 is 17.9 Å². The van der Waals surface area contributed by atoms with E-state index in [9.17, 15) is 18.0 Å². The number of alkyl halides is 3. The predicted octanol–water partition coefficient (Wildman–Crippen LogP) is 2.78. The van der Waals surface area contributed by atoms with Crippen LogP contribution in [-0.2, 0) is 0 Å². The fraction of sp³-hybridized carbons (Fsp3) is 0.0909. The van der Waals surface area contributed by atoms with Crippen LogP contribution in [0.15, 0.2) is 41.2 Å². The fourth-order valence-corrected chi connectivity index (χ4v) is 1.50. The van der Waals surface area contributed by atoms with Gasteiger partial charge in [0.2, 0.25) is 0 Å². The van der Waals surface area contributed by atoms with Crippen molar-refractivity contribution in [2.45, 2.75) is 6.36 Å². The molecule has 0 fully saturated rings. The minimum absolute atomic E-state index is 0.0928. The summed E-state index contributed by atoms with van der Waals surface area (Å²) in [6.45, 7) is 0. The molecule has 1 aromatic heterocycles. The maximum atomic E-state index is 12.0. The molecular weight excluding hydrogens is 285 g/mol. The molecule has 2 rings (SSSR count). The van der Waals surface area contributed by atoms with E-state index in [4.69, 9.17) is 11.6 Å². The Bertz CT molecular complexity index is 638. The molecule has 19 heavy (non-hydrogen) atoms. The average molecular weight is 291 g/mol. The van der Waals surface area contributed by atoms with E-state index in [1.807, 2.05) is 0 Å². The van der Waals surface area contributed by atoms with Crippen LogP contribution in [0.1, 0.15) is 0 Å². The van der Waals surface area contributed by atoms with Gasteiger partial charge in [0.15, 0.2) is 0 Å². The Morgan fingerprint density at radius 1 is 1.11 bits per heavy atom. The molecule has 0 unspecified atom stereocenters. The molecule has 0 amide bonds. The van der Waals surface area contributed by atoms with Gasteiger partial charge in [0.1, 0.15) is 10.9 Å². The van der Waals surface area contributed by atoms with Crippen molar-refractivity contribution in [2.75, 3.05) is 0 Å². The highest BCUT2D eigenvalue weighted by Gasteiger charge is 2.30. The first-order valence-corrected chi connectivity index (χ1v) is 5.35. The summed E-state index contributed by atoms with van der Waals surface area (Å²) in [7, 11) is 0. The Morgan fingerprint density at radius 3 is 2.32 bits per heavy atom. The van der Waals surface area contributed by atoms with E-state index in [-0.39, 0.29) is 16.6 Å². The van der Waals surface area contributed by atoms with Crippen LogP contribution in [0.5, 0.6) is 5.75 Å². The summed E-state index contributed by atoms with van der Waals surface area (Å²) in [6, 6.07) is 7.23. The van der Waals surface area contributed by atoms with Gasteiger partial charge < -0.3 is 4.74 Å². The lowest BCUT2D eigenvalue weighted by Gasteiger charge is -2.09. The third-order valence-electron chi connectivity index (χ3n) is 2.08. The van der Waals surface area contributed by atoms with Crippen molar-refractivity contribution in [3.8, 4) is 11.4 Å². The first kappa shape index (κ1) is 13.4. The highest BCUT2D eigenvalue weighted by Crippen LogP contribution is 2.23. The standard InChI is InChI=1S/C11H6ClF3N2O2/c12-9-5-6-10(18)17(16-9)7-1-3-8(4-2-7)19-11(13,14)15/h1-6H. The Morgan fingerprint density at radius 2 is 1.74 bits per heavy atom. The highest BCUT2D eigenvalue weighted by molar-refractivity contribution is 6.29. The Balaban J connectivity index is 2.33. The zero-order valence-electron chi connectivity index (χ0n) is 9.19. The molecule has 0 saturated heterocycles. The van der Waals surface area contributed by atoms with Gasteiger partial charge in [-0.2, -0.15) is 9.78 Å². The predicted molar refractivity (Wildman–Crippen MR) is 61.5 cm³/mol. The van der Waals surface area contributed by atoms with Crippen LogP contribution in [0.3, 0.4) is 0 Å². The van der Waals surface area contributed by atoms with Gasteiger partial charge in [-0.3, -0.25) is 4.79 Å². The summed E-state index contributed by atoms with van der Waals surface area (Å²) in [4.78, 5) is 11.5. The number of hydrogen-bond acceptors (Lipinski definition) is 3. The molecule has 0 saturated carbocycles. The van der Waals surface area contributed by atoms with E-state index in [0.29, 0.717) is 0 Å². The van der Waals surface area contributed by atoms with Crippen LogP contribution in [0.4, 0.5) is 13.2 Å². The molecule has 0 N–H and O–H groups in total. The van der Waals surface area contributed by atoms with Gasteiger partial charge in [-0.15, -0.1) is 13.2 Å². The molecule has 0 aliphatic heterocycles. The minimum Gasteiger partial charge on any atom is -0.406 e. The topological polar surface area (TPSA) is 44.1 Å². The minimum atomic E-state index is -4.76. The molecule has 0 radical (unpaired) electrons. The van der Waals surface area contributed by atoms with Crippen molar-refractivity contribution in [3.05, 3.63) is 51.9 Å². The van der Waals surface area contributed by atoms with Gasteiger partial charge in [-0.05, 0) is 30.3 Å². The van der Waals surface area contributed by atoms with Gasteiger partial charge >= 0.3 is 6.36 Å². The monoisotopic (exact) mass is 290 g/mol. The second-order valence-corrected chi connectivity index (χ2v) is 3.84. The Hall–Kier alpha value is -2.02. The smallest absolute Gasteiger partial charge is 0.406 e. The number of benzene rings is 1. The van der Waals surface area contributed by atoms with Crippen molar-refractivity contribution in [1.82, 2.24) is 9.78 Å². The summed E-state index contributed by atoms with van der Waals surface area (Å²) < 4.78 is 40.6. The van der Waals surface area contributed by atoms with Crippen LogP contribution < -0.4 is 10.3 Å². The van der Waals surface area contributed by atoms with Gasteiger partial charge in [-0.1, -0.05) is 11.6 Å². The third kappa shape index (κ3) is 3.47. The van der Waals surface area contributed by atoms with Crippen LogP contribution in [-0.4, -0.2) is 16.1 Å². The Kier molecular flexibility index (Phi) is 3.48. The van der Waals surface area contributed by atoms with E-state index in [0.717, 1.165) is 16.8 Å². The third-order valence-corrected chi connectivity index (χ3v) is 2.28. The van der Waals surface area contributed by atoms with Crippen LogP contribution in [0.25, 0.3) is 5.69 Å². The molecule has 0 bridgehead atoms. The summed E-state index contributed by atoms with van der Waals surface area (Å²) in [6.07, 6.45) is -4.76. The lowest BCUT2D eigenvalue weighted by molar-refractivity contribution is -0.274. The molecule has 4 nitrogen and oxygen atoms in total. The molecule has 1 heterocycles. The van der Waals surface area contributed by atoms with Crippen molar-refractivity contribution in [3.63, 3.8) is 0 Å². The number of aromatic nitrogens is 2. The Labute approximate surface area is 110 Å². The van der Waals surface area contributed by atoms with E-state index in [2.05, 4.69) is 9.84 Å². The first-order chi connectivity index (χ1) is 8.85. The summed E-state index contributed by atoms with van der Waals surface area (Å²) >= 11 is 5.64. The van der Waals surface area contributed by atoms with Gasteiger partial charge in [-0.25, -0.2) is 0 Å². The molecule has 0 aliphatic rings. The SMILES string of the molecule is O=c1ccc(Cl)nn1-c1ccc(OC(F)(F)F)cc1. The number of nitrogens with zero attached hydrogens (tertiary/aromatic N) is 2. The molecule has 0 spiro atoms. The molecular formula is C11H6ClF3N2O2. The molecule has 2 aromatic rings. The van der Waals surface area contributed by atoms with Crippen LogP contribution >= 0.6 is 11.6 Å². The molecule has 100 valence electrons. The molecule has 0 aliphatic carbocycles. The zero-order valence-corrected chi connectivity index (χ0v) is 9.94. The highest BCUT2D eigenvalue weighted by atomic mass is 35.5. The molecule has 1 aromatic carbocycles. The van der Waals surface area contributed by atoms with E-state index in [1.165, 1.54) is 24.3 Å². The molecule has 8 heteroatoms. The lowest BCUT2D eigenvalue weighted by atomic mass is 10.3. The summed E-state index contributed by atoms with van der Waals surface area (Å²) in [5.74, 6) is -0.383. The fourth-order valence-electron chi connectivity index (χ4n) is 1.36.